The van der Waals surface area contributed by atoms with Crippen LogP contribution in [-0.4, -0.2) is 20.8 Å². The van der Waals surface area contributed by atoms with E-state index in [1.165, 1.54) is 16.8 Å². The van der Waals surface area contributed by atoms with Crippen molar-refractivity contribution in [2.75, 3.05) is 5.32 Å². The molecular weight excluding hydrogens is 357 g/mol. The number of aromatic nitrogens is 2. The molecule has 3 rings (SSSR count). The number of carbonyl (C=O) groups is 1. The molecule has 0 fully saturated rings. The molecule has 0 unspecified atom stereocenters. The second-order valence-electron chi connectivity index (χ2n) is 6.01. The zero-order valence-electron chi connectivity index (χ0n) is 14.3. The average Bonchev–Trinajstić information content (AvgIpc) is 2.86. The van der Waals surface area contributed by atoms with Crippen molar-refractivity contribution in [3.8, 4) is 5.75 Å². The number of aromatic hydroxyl groups is 1. The van der Waals surface area contributed by atoms with Gasteiger partial charge in [0.05, 0.1) is 23.5 Å². The summed E-state index contributed by atoms with van der Waals surface area (Å²) in [5.41, 5.74) is 2.66. The fraction of sp³-hybridized carbons (Fsp3) is 0.158. The van der Waals surface area contributed by atoms with Crippen LogP contribution in [0.5, 0.6) is 5.75 Å². The van der Waals surface area contributed by atoms with Crippen LogP contribution in [0.2, 0.25) is 5.15 Å². The smallest absolute Gasteiger partial charge is 0.260 e. The zero-order chi connectivity index (χ0) is 18.8. The van der Waals surface area contributed by atoms with Crippen LogP contribution in [0.3, 0.4) is 0 Å². The highest BCUT2D eigenvalue weighted by atomic mass is 35.5. The Hall–Kier alpha value is -2.86. The Bertz CT molecular complexity index is 968. The number of hydrogen-bond donors (Lipinski definition) is 2. The molecule has 1 heterocycles. The van der Waals surface area contributed by atoms with Crippen molar-refractivity contribution in [3.05, 3.63) is 75.8 Å². The minimum absolute atomic E-state index is 0.0224. The summed E-state index contributed by atoms with van der Waals surface area (Å²) in [7, 11) is 0. The molecular formula is C19H17ClFN3O2. The minimum atomic E-state index is -0.461. The Morgan fingerprint density at radius 3 is 2.58 bits per heavy atom. The summed E-state index contributed by atoms with van der Waals surface area (Å²) in [5.74, 6) is -0.808. The number of phenolic OH excluding ortho intramolecular Hbond substituents is 1. The Morgan fingerprint density at radius 2 is 1.92 bits per heavy atom. The number of halogens is 2. The van der Waals surface area contributed by atoms with Gasteiger partial charge in [-0.25, -0.2) is 9.07 Å². The van der Waals surface area contributed by atoms with Crippen LogP contribution < -0.4 is 5.32 Å². The predicted molar refractivity (Wildman–Crippen MR) is 98.3 cm³/mol. The van der Waals surface area contributed by atoms with Gasteiger partial charge in [-0.15, -0.1) is 0 Å². The van der Waals surface area contributed by atoms with E-state index in [-0.39, 0.29) is 22.3 Å². The van der Waals surface area contributed by atoms with Crippen LogP contribution in [0.1, 0.15) is 27.2 Å². The minimum Gasteiger partial charge on any atom is -0.506 e. The number of amides is 1. The Kier molecular flexibility index (Phi) is 4.95. The van der Waals surface area contributed by atoms with Gasteiger partial charge in [-0.05, 0) is 49.2 Å². The van der Waals surface area contributed by atoms with Gasteiger partial charge >= 0.3 is 0 Å². The molecule has 0 atom stereocenters. The Morgan fingerprint density at radius 1 is 1.23 bits per heavy atom. The highest BCUT2D eigenvalue weighted by Crippen LogP contribution is 2.27. The first-order chi connectivity index (χ1) is 12.3. The molecule has 1 amide bonds. The second-order valence-corrected chi connectivity index (χ2v) is 6.37. The lowest BCUT2D eigenvalue weighted by Crippen LogP contribution is -2.13. The standard InChI is InChI=1S/C19H17ClFN3O2/c1-11-3-8-15(16(25)9-11)22-19(26)17-12(2)23-24(18(17)20)10-13-4-6-14(21)7-5-13/h3-9,25H,10H2,1-2H3,(H,22,26). The van der Waals surface area contributed by atoms with Gasteiger partial charge in [-0.3, -0.25) is 4.79 Å². The molecule has 26 heavy (non-hydrogen) atoms. The fourth-order valence-corrected chi connectivity index (χ4v) is 2.93. The highest BCUT2D eigenvalue weighted by molar-refractivity contribution is 6.33. The van der Waals surface area contributed by atoms with E-state index in [1.54, 1.807) is 37.3 Å². The predicted octanol–water partition coefficient (Wildman–Crippen LogP) is 4.30. The summed E-state index contributed by atoms with van der Waals surface area (Å²) in [6, 6.07) is 10.9. The van der Waals surface area contributed by atoms with E-state index in [9.17, 15) is 14.3 Å². The number of aryl methyl sites for hydroxylation is 2. The topological polar surface area (TPSA) is 67.2 Å². The lowest BCUT2D eigenvalue weighted by atomic mass is 10.2. The van der Waals surface area contributed by atoms with Crippen molar-refractivity contribution < 1.29 is 14.3 Å². The molecule has 0 saturated carbocycles. The van der Waals surface area contributed by atoms with Crippen molar-refractivity contribution in [3.63, 3.8) is 0 Å². The van der Waals surface area contributed by atoms with E-state index < -0.39 is 5.91 Å². The summed E-state index contributed by atoms with van der Waals surface area (Å²) in [5, 5.41) is 17.1. The number of benzene rings is 2. The van der Waals surface area contributed by atoms with E-state index in [1.807, 2.05) is 6.92 Å². The molecule has 2 aromatic carbocycles. The van der Waals surface area contributed by atoms with Crippen LogP contribution in [0, 0.1) is 19.7 Å². The van der Waals surface area contributed by atoms with Gasteiger partial charge < -0.3 is 10.4 Å². The lowest BCUT2D eigenvalue weighted by Gasteiger charge is -2.08. The van der Waals surface area contributed by atoms with Crippen molar-refractivity contribution in [1.29, 1.82) is 0 Å². The maximum absolute atomic E-state index is 13.0. The zero-order valence-corrected chi connectivity index (χ0v) is 15.0. The van der Waals surface area contributed by atoms with E-state index in [0.717, 1.165) is 11.1 Å². The van der Waals surface area contributed by atoms with Crippen molar-refractivity contribution in [2.45, 2.75) is 20.4 Å². The molecule has 0 aliphatic heterocycles. The maximum atomic E-state index is 13.0. The van der Waals surface area contributed by atoms with Crippen LogP contribution in [0.25, 0.3) is 0 Å². The number of hydrogen-bond acceptors (Lipinski definition) is 3. The first-order valence-corrected chi connectivity index (χ1v) is 8.31. The Labute approximate surface area is 155 Å². The van der Waals surface area contributed by atoms with Crippen molar-refractivity contribution >= 4 is 23.2 Å². The monoisotopic (exact) mass is 373 g/mol. The molecule has 0 radical (unpaired) electrons. The molecule has 7 heteroatoms. The van der Waals surface area contributed by atoms with Crippen molar-refractivity contribution in [2.24, 2.45) is 0 Å². The van der Waals surface area contributed by atoms with Gasteiger partial charge in [-0.1, -0.05) is 29.8 Å². The summed E-state index contributed by atoms with van der Waals surface area (Å²) >= 11 is 6.34. The molecule has 0 aliphatic rings. The summed E-state index contributed by atoms with van der Waals surface area (Å²) < 4.78 is 14.5. The Balaban J connectivity index is 1.84. The molecule has 0 saturated heterocycles. The molecule has 0 bridgehead atoms. The van der Waals surface area contributed by atoms with Gasteiger partial charge in [0.2, 0.25) is 0 Å². The van der Waals surface area contributed by atoms with Crippen LogP contribution >= 0.6 is 11.6 Å². The third-order valence-corrected chi connectivity index (χ3v) is 4.32. The highest BCUT2D eigenvalue weighted by Gasteiger charge is 2.21. The van der Waals surface area contributed by atoms with E-state index in [0.29, 0.717) is 17.9 Å². The molecule has 5 nitrogen and oxygen atoms in total. The SMILES string of the molecule is Cc1ccc(NC(=O)c2c(C)nn(Cc3ccc(F)cc3)c2Cl)c(O)c1. The van der Waals surface area contributed by atoms with E-state index >= 15 is 0 Å². The molecule has 134 valence electrons. The van der Waals surface area contributed by atoms with Crippen LogP contribution in [0.4, 0.5) is 10.1 Å². The first kappa shape index (κ1) is 17.9. The lowest BCUT2D eigenvalue weighted by molar-refractivity contribution is 0.102. The number of rotatable bonds is 4. The van der Waals surface area contributed by atoms with Gasteiger partial charge in [0, 0.05) is 0 Å². The normalized spacial score (nSPS) is 10.8. The molecule has 3 aromatic rings. The number of nitrogens with one attached hydrogen (secondary N) is 1. The second kappa shape index (κ2) is 7.17. The summed E-state index contributed by atoms with van der Waals surface area (Å²) in [4.78, 5) is 12.6. The molecule has 1 aromatic heterocycles. The molecule has 0 aliphatic carbocycles. The quantitative estimate of drug-likeness (QED) is 0.670. The number of anilines is 1. The maximum Gasteiger partial charge on any atom is 0.260 e. The average molecular weight is 374 g/mol. The van der Waals surface area contributed by atoms with Crippen molar-refractivity contribution in [1.82, 2.24) is 9.78 Å². The van der Waals surface area contributed by atoms with Gasteiger partial charge in [0.1, 0.15) is 16.7 Å². The van der Waals surface area contributed by atoms with E-state index in [4.69, 9.17) is 11.6 Å². The van der Waals surface area contributed by atoms with Gasteiger partial charge in [-0.2, -0.15) is 5.10 Å². The summed E-state index contributed by atoms with van der Waals surface area (Å²) in [6.45, 7) is 3.83. The van der Waals surface area contributed by atoms with Gasteiger partial charge in [0.25, 0.3) is 5.91 Å². The van der Waals surface area contributed by atoms with Gasteiger partial charge in [0.15, 0.2) is 0 Å². The number of phenols is 1. The molecule has 0 spiro atoms. The van der Waals surface area contributed by atoms with Crippen LogP contribution in [0.15, 0.2) is 42.5 Å². The number of carbonyl (C=O) groups excluding carboxylic acids is 1. The third kappa shape index (κ3) is 3.70. The summed E-state index contributed by atoms with van der Waals surface area (Å²) in [6.07, 6.45) is 0. The van der Waals surface area contributed by atoms with E-state index in [2.05, 4.69) is 10.4 Å². The largest absolute Gasteiger partial charge is 0.506 e. The van der Waals surface area contributed by atoms with Crippen LogP contribution in [-0.2, 0) is 6.54 Å². The number of nitrogens with zero attached hydrogens (tertiary/aromatic N) is 2. The first-order valence-electron chi connectivity index (χ1n) is 7.93. The fourth-order valence-electron chi connectivity index (χ4n) is 2.61. The molecule has 2 N–H and O–H groups in total. The third-order valence-electron chi connectivity index (χ3n) is 3.94.